The van der Waals surface area contributed by atoms with E-state index in [0.717, 1.165) is 24.2 Å². The average Bonchev–Trinajstić information content (AvgIpc) is 3.04. The Bertz CT molecular complexity index is 750. The molecule has 1 aliphatic rings. The SMILES string of the molecule is CCc1ccc(NC(=O)[C@@H]2CCN(c3ccc(CC)cc3)C2=O)cc1. The zero-order chi connectivity index (χ0) is 17.8. The molecule has 4 nitrogen and oxygen atoms in total. The van der Waals surface area contributed by atoms with Crippen LogP contribution in [-0.2, 0) is 22.4 Å². The van der Waals surface area contributed by atoms with Crippen LogP contribution < -0.4 is 10.2 Å². The minimum absolute atomic E-state index is 0.119. The number of benzene rings is 2. The van der Waals surface area contributed by atoms with E-state index in [1.165, 1.54) is 11.1 Å². The molecule has 130 valence electrons. The maximum atomic E-state index is 12.7. The predicted octanol–water partition coefficient (Wildman–Crippen LogP) is 3.80. The third kappa shape index (κ3) is 3.73. The van der Waals surface area contributed by atoms with Gasteiger partial charge in [-0.15, -0.1) is 0 Å². The van der Waals surface area contributed by atoms with Crippen LogP contribution in [0.1, 0.15) is 31.4 Å². The first-order valence-electron chi connectivity index (χ1n) is 8.92. The molecule has 0 aromatic heterocycles. The quantitative estimate of drug-likeness (QED) is 0.844. The van der Waals surface area contributed by atoms with Crippen LogP contribution in [0.15, 0.2) is 48.5 Å². The van der Waals surface area contributed by atoms with E-state index in [1.807, 2.05) is 48.5 Å². The van der Waals surface area contributed by atoms with E-state index in [4.69, 9.17) is 0 Å². The van der Waals surface area contributed by atoms with Crippen LogP contribution in [0.25, 0.3) is 0 Å². The highest BCUT2D eigenvalue weighted by atomic mass is 16.2. The number of aryl methyl sites for hydroxylation is 2. The molecule has 0 saturated carbocycles. The van der Waals surface area contributed by atoms with Crippen molar-refractivity contribution in [2.75, 3.05) is 16.8 Å². The molecule has 0 unspecified atom stereocenters. The molecule has 1 saturated heterocycles. The molecule has 25 heavy (non-hydrogen) atoms. The molecule has 2 amide bonds. The number of carbonyl (C=O) groups excluding carboxylic acids is 2. The number of carbonyl (C=O) groups is 2. The maximum Gasteiger partial charge on any atom is 0.239 e. The Morgan fingerprint density at radius 1 is 1.00 bits per heavy atom. The summed E-state index contributed by atoms with van der Waals surface area (Å²) in [4.78, 5) is 26.9. The molecular formula is C21H24N2O2. The zero-order valence-electron chi connectivity index (χ0n) is 14.8. The molecule has 1 fully saturated rings. The van der Waals surface area contributed by atoms with Crippen molar-refractivity contribution in [1.29, 1.82) is 0 Å². The molecule has 2 aromatic rings. The highest BCUT2D eigenvalue weighted by molar-refractivity contribution is 6.13. The smallest absolute Gasteiger partial charge is 0.239 e. The van der Waals surface area contributed by atoms with Gasteiger partial charge in [-0.25, -0.2) is 0 Å². The molecule has 1 aliphatic heterocycles. The average molecular weight is 336 g/mol. The van der Waals surface area contributed by atoms with Crippen molar-refractivity contribution in [2.45, 2.75) is 33.1 Å². The van der Waals surface area contributed by atoms with Gasteiger partial charge in [-0.1, -0.05) is 38.1 Å². The van der Waals surface area contributed by atoms with Gasteiger partial charge >= 0.3 is 0 Å². The largest absolute Gasteiger partial charge is 0.325 e. The standard InChI is InChI=1S/C21H24N2O2/c1-3-15-5-9-17(10-6-15)22-20(24)19-13-14-23(21(19)25)18-11-7-16(4-2)8-12-18/h5-12,19H,3-4,13-14H2,1-2H3,(H,22,24)/t19-/m0/s1. The Hall–Kier alpha value is -2.62. The first-order chi connectivity index (χ1) is 12.1. The van der Waals surface area contributed by atoms with Crippen molar-refractivity contribution in [2.24, 2.45) is 5.92 Å². The monoisotopic (exact) mass is 336 g/mol. The van der Waals surface area contributed by atoms with Crippen molar-refractivity contribution in [1.82, 2.24) is 0 Å². The van der Waals surface area contributed by atoms with Crippen LogP contribution in [0.5, 0.6) is 0 Å². The summed E-state index contributed by atoms with van der Waals surface area (Å²) in [5.41, 5.74) is 4.06. The maximum absolute atomic E-state index is 12.7. The molecule has 4 heteroatoms. The summed E-state index contributed by atoms with van der Waals surface area (Å²) in [6.45, 7) is 4.77. The summed E-state index contributed by atoms with van der Waals surface area (Å²) in [5.74, 6) is -0.953. The number of rotatable bonds is 5. The Morgan fingerprint density at radius 2 is 1.56 bits per heavy atom. The molecule has 1 N–H and O–H groups in total. The van der Waals surface area contributed by atoms with Crippen LogP contribution in [0.2, 0.25) is 0 Å². The van der Waals surface area contributed by atoms with Crippen molar-refractivity contribution < 1.29 is 9.59 Å². The topological polar surface area (TPSA) is 49.4 Å². The summed E-state index contributed by atoms with van der Waals surface area (Å²) in [6, 6.07) is 15.7. The number of nitrogens with one attached hydrogen (secondary N) is 1. The van der Waals surface area contributed by atoms with Crippen LogP contribution in [0, 0.1) is 5.92 Å². The fourth-order valence-corrected chi connectivity index (χ4v) is 3.14. The lowest BCUT2D eigenvalue weighted by atomic mass is 10.1. The Balaban J connectivity index is 1.66. The summed E-state index contributed by atoms with van der Waals surface area (Å²) in [7, 11) is 0. The van der Waals surface area contributed by atoms with E-state index >= 15 is 0 Å². The van der Waals surface area contributed by atoms with Crippen molar-refractivity contribution in [3.05, 3.63) is 59.7 Å². The van der Waals surface area contributed by atoms with Gasteiger partial charge in [0.05, 0.1) is 0 Å². The third-order valence-electron chi connectivity index (χ3n) is 4.81. The number of amides is 2. The molecule has 1 heterocycles. The minimum Gasteiger partial charge on any atom is -0.325 e. The first-order valence-corrected chi connectivity index (χ1v) is 8.92. The van der Waals surface area contributed by atoms with Gasteiger partial charge in [0, 0.05) is 17.9 Å². The zero-order valence-corrected chi connectivity index (χ0v) is 14.8. The van der Waals surface area contributed by atoms with E-state index < -0.39 is 5.92 Å². The van der Waals surface area contributed by atoms with E-state index in [0.29, 0.717) is 13.0 Å². The summed E-state index contributed by atoms with van der Waals surface area (Å²) in [5, 5.41) is 2.87. The highest BCUT2D eigenvalue weighted by Crippen LogP contribution is 2.26. The van der Waals surface area contributed by atoms with Gasteiger partial charge in [0.1, 0.15) is 5.92 Å². The first kappa shape index (κ1) is 17.2. The van der Waals surface area contributed by atoms with Crippen molar-refractivity contribution >= 4 is 23.2 Å². The Kier molecular flexibility index (Phi) is 5.17. The van der Waals surface area contributed by atoms with Gasteiger partial charge < -0.3 is 10.2 Å². The van der Waals surface area contributed by atoms with Gasteiger partial charge in [-0.2, -0.15) is 0 Å². The lowest BCUT2D eigenvalue weighted by Gasteiger charge is -2.17. The molecule has 0 spiro atoms. The number of hydrogen-bond donors (Lipinski definition) is 1. The molecule has 3 rings (SSSR count). The Morgan fingerprint density at radius 3 is 2.12 bits per heavy atom. The molecule has 2 aromatic carbocycles. The van der Waals surface area contributed by atoms with E-state index in [-0.39, 0.29) is 11.8 Å². The lowest BCUT2D eigenvalue weighted by molar-refractivity contribution is -0.129. The number of anilines is 2. The fraction of sp³-hybridized carbons (Fsp3) is 0.333. The molecule has 0 bridgehead atoms. The lowest BCUT2D eigenvalue weighted by Crippen LogP contribution is -2.33. The normalized spacial score (nSPS) is 17.0. The van der Waals surface area contributed by atoms with Crippen LogP contribution in [0.3, 0.4) is 0 Å². The summed E-state index contributed by atoms with van der Waals surface area (Å²) in [6.07, 6.45) is 2.48. The molecular weight excluding hydrogens is 312 g/mol. The second-order valence-corrected chi connectivity index (χ2v) is 6.39. The molecule has 1 atom stereocenters. The van der Waals surface area contributed by atoms with Crippen LogP contribution in [0.4, 0.5) is 11.4 Å². The molecule has 0 aliphatic carbocycles. The van der Waals surface area contributed by atoms with E-state index in [1.54, 1.807) is 4.90 Å². The summed E-state index contributed by atoms with van der Waals surface area (Å²) >= 11 is 0. The highest BCUT2D eigenvalue weighted by Gasteiger charge is 2.37. The molecule has 0 radical (unpaired) electrons. The number of hydrogen-bond acceptors (Lipinski definition) is 2. The van der Waals surface area contributed by atoms with Gasteiger partial charge in [0.25, 0.3) is 0 Å². The van der Waals surface area contributed by atoms with Gasteiger partial charge in [0.2, 0.25) is 11.8 Å². The van der Waals surface area contributed by atoms with E-state index in [9.17, 15) is 9.59 Å². The van der Waals surface area contributed by atoms with Crippen molar-refractivity contribution in [3.8, 4) is 0 Å². The minimum atomic E-state index is -0.614. The second kappa shape index (κ2) is 7.51. The number of nitrogens with zero attached hydrogens (tertiary/aromatic N) is 1. The van der Waals surface area contributed by atoms with E-state index in [2.05, 4.69) is 19.2 Å². The van der Waals surface area contributed by atoms with Gasteiger partial charge in [0.15, 0.2) is 0 Å². The van der Waals surface area contributed by atoms with Gasteiger partial charge in [-0.05, 0) is 54.7 Å². The van der Waals surface area contributed by atoms with Crippen LogP contribution >= 0.6 is 0 Å². The predicted molar refractivity (Wildman–Crippen MR) is 101 cm³/mol. The van der Waals surface area contributed by atoms with Crippen molar-refractivity contribution in [3.63, 3.8) is 0 Å². The fourth-order valence-electron chi connectivity index (χ4n) is 3.14. The summed E-state index contributed by atoms with van der Waals surface area (Å²) < 4.78 is 0. The Labute approximate surface area is 148 Å². The van der Waals surface area contributed by atoms with Crippen LogP contribution in [-0.4, -0.2) is 18.4 Å². The van der Waals surface area contributed by atoms with Gasteiger partial charge in [-0.3, -0.25) is 9.59 Å². The third-order valence-corrected chi connectivity index (χ3v) is 4.81. The second-order valence-electron chi connectivity index (χ2n) is 6.39.